The number of nitrogens with zero attached hydrogens (tertiary/aromatic N) is 1. The van der Waals surface area contributed by atoms with Crippen molar-refractivity contribution in [3.8, 4) is 0 Å². The van der Waals surface area contributed by atoms with Crippen LogP contribution in [0.25, 0.3) is 0 Å². The maximum Gasteiger partial charge on any atom is 0.394 e. The molecule has 0 aliphatic carbocycles. The topological polar surface area (TPSA) is 150 Å². The van der Waals surface area contributed by atoms with Crippen molar-refractivity contribution in [1.82, 2.24) is 4.90 Å². The van der Waals surface area contributed by atoms with E-state index in [1.54, 1.807) is 0 Å². The van der Waals surface area contributed by atoms with Gasteiger partial charge in [-0.1, -0.05) is 11.8 Å². The van der Waals surface area contributed by atoms with Gasteiger partial charge in [-0.2, -0.15) is 0 Å². The van der Waals surface area contributed by atoms with E-state index in [1.165, 1.54) is 0 Å². The molecule has 138 valence electrons. The fraction of sp³-hybridized carbons (Fsp3) is 0.357. The van der Waals surface area contributed by atoms with Crippen molar-refractivity contribution in [2.75, 3.05) is 17.6 Å². The van der Waals surface area contributed by atoms with Crippen LogP contribution < -0.4 is 5.32 Å². The predicted molar refractivity (Wildman–Crippen MR) is 89.4 cm³/mol. The van der Waals surface area contributed by atoms with Crippen molar-refractivity contribution in [1.29, 1.82) is 0 Å². The second-order valence-corrected chi connectivity index (χ2v) is 7.50. The van der Waals surface area contributed by atoms with E-state index in [4.69, 9.17) is 9.84 Å². The molecule has 1 fully saturated rings. The number of anilines is 1. The van der Waals surface area contributed by atoms with Gasteiger partial charge in [-0.05, 0) is 5.56 Å². The molecule has 3 heterocycles. The lowest BCUT2D eigenvalue weighted by molar-refractivity contribution is -0.147. The summed E-state index contributed by atoms with van der Waals surface area (Å²) in [5, 5.41) is 19.8. The number of fused-ring (bicyclic) bond motifs is 1. The summed E-state index contributed by atoms with van der Waals surface area (Å²) < 4.78 is 5.60. The summed E-state index contributed by atoms with van der Waals surface area (Å²) in [6.45, 7) is 0.0487. The predicted octanol–water partition coefficient (Wildman–Crippen LogP) is 0.606. The lowest BCUT2D eigenvalue weighted by atomic mass is 10.0. The molecule has 0 bridgehead atoms. The molecule has 1 aromatic heterocycles. The van der Waals surface area contributed by atoms with Crippen LogP contribution in [0.15, 0.2) is 0 Å². The van der Waals surface area contributed by atoms with Crippen LogP contribution in [0.3, 0.4) is 0 Å². The van der Waals surface area contributed by atoms with Gasteiger partial charge in [0.2, 0.25) is 5.91 Å². The van der Waals surface area contributed by atoms with Gasteiger partial charge in [0.1, 0.15) is 5.00 Å². The summed E-state index contributed by atoms with van der Waals surface area (Å²) in [5.41, 5.74) is 0.215. The van der Waals surface area contributed by atoms with E-state index in [2.05, 4.69) is 5.32 Å². The Hall–Kier alpha value is -2.44. The highest BCUT2D eigenvalue weighted by Crippen LogP contribution is 2.38. The smallest absolute Gasteiger partial charge is 0.394 e. The zero-order valence-electron chi connectivity index (χ0n) is 13.0. The molecule has 3 N–H and O–H groups in total. The van der Waals surface area contributed by atoms with Gasteiger partial charge < -0.3 is 20.3 Å². The number of hydrogen-bond acceptors (Lipinski definition) is 8. The molecule has 2 aliphatic rings. The third kappa shape index (κ3) is 3.43. The summed E-state index contributed by atoms with van der Waals surface area (Å²) in [4.78, 5) is 58.7. The van der Waals surface area contributed by atoms with Crippen LogP contribution in [0.4, 0.5) is 9.80 Å². The number of aliphatic carboxylic acids is 1. The van der Waals surface area contributed by atoms with E-state index in [-0.39, 0.29) is 47.0 Å². The van der Waals surface area contributed by atoms with Crippen LogP contribution in [-0.2, 0) is 32.1 Å². The lowest BCUT2D eigenvalue weighted by Crippen LogP contribution is -2.39. The number of carbonyl (C=O) groups excluding carboxylic acids is 3. The number of thioether (sulfide) groups is 1. The van der Waals surface area contributed by atoms with Crippen molar-refractivity contribution in [2.45, 2.75) is 19.1 Å². The Bertz CT molecular complexity index is 817. The van der Waals surface area contributed by atoms with Gasteiger partial charge in [-0.25, -0.2) is 9.59 Å². The molecule has 3 rings (SSSR count). The maximum atomic E-state index is 11.7. The van der Waals surface area contributed by atoms with E-state index in [9.17, 15) is 29.1 Å². The number of imide groups is 1. The fourth-order valence-corrected chi connectivity index (χ4v) is 4.55. The Labute approximate surface area is 154 Å². The van der Waals surface area contributed by atoms with E-state index in [1.807, 2.05) is 0 Å². The standard InChI is InChI=1S/C14H12N2O8S2/c17-8-4-25-14(23)16(8)2-5-1-6-7(3-24-5)26-11(9(6)12(19)20)15-10(18)13(21)22/h5H,1-4H2,(H,15,18)(H,19,20)(H,21,22). The first-order valence-corrected chi connectivity index (χ1v) is 9.09. The average Bonchev–Trinajstić information content (AvgIpc) is 3.08. The van der Waals surface area contributed by atoms with Crippen molar-refractivity contribution < 1.29 is 38.9 Å². The van der Waals surface area contributed by atoms with Gasteiger partial charge >= 0.3 is 17.8 Å². The van der Waals surface area contributed by atoms with Crippen molar-refractivity contribution in [3.63, 3.8) is 0 Å². The highest BCUT2D eigenvalue weighted by Gasteiger charge is 2.36. The number of aromatic carboxylic acids is 1. The molecule has 1 unspecified atom stereocenters. The van der Waals surface area contributed by atoms with E-state index >= 15 is 0 Å². The summed E-state index contributed by atoms with van der Waals surface area (Å²) in [6, 6.07) is 0. The number of ether oxygens (including phenoxy) is 1. The van der Waals surface area contributed by atoms with Crippen LogP contribution in [-0.4, -0.2) is 62.5 Å². The molecule has 0 radical (unpaired) electrons. The van der Waals surface area contributed by atoms with Crippen LogP contribution in [0.2, 0.25) is 0 Å². The molecule has 0 spiro atoms. The Kier molecular flexibility index (Phi) is 4.98. The highest BCUT2D eigenvalue weighted by molar-refractivity contribution is 8.14. The third-order valence-corrected chi connectivity index (χ3v) is 5.81. The van der Waals surface area contributed by atoms with Crippen LogP contribution in [0, 0.1) is 0 Å². The van der Waals surface area contributed by atoms with E-state index in [0.29, 0.717) is 10.4 Å². The van der Waals surface area contributed by atoms with Gasteiger partial charge in [0.05, 0.1) is 30.6 Å². The van der Waals surface area contributed by atoms with Gasteiger partial charge in [0.25, 0.3) is 5.24 Å². The molecular formula is C14H12N2O8S2. The SMILES string of the molecule is O=C(O)C(=O)Nc1sc2c(c1C(=O)O)CC(CN1C(=O)CSC1=O)OC2. The molecule has 1 aromatic rings. The summed E-state index contributed by atoms with van der Waals surface area (Å²) >= 11 is 1.83. The molecule has 26 heavy (non-hydrogen) atoms. The number of nitrogens with one attached hydrogen (secondary N) is 1. The molecule has 3 amide bonds. The van der Waals surface area contributed by atoms with Crippen molar-refractivity contribution >= 4 is 57.1 Å². The first-order chi connectivity index (χ1) is 12.3. The normalized spacial score (nSPS) is 19.4. The minimum atomic E-state index is -1.73. The highest BCUT2D eigenvalue weighted by atomic mass is 32.2. The van der Waals surface area contributed by atoms with Gasteiger partial charge in [-0.15, -0.1) is 11.3 Å². The van der Waals surface area contributed by atoms with E-state index < -0.39 is 23.9 Å². The minimum Gasteiger partial charge on any atom is -0.478 e. The second-order valence-electron chi connectivity index (χ2n) is 5.47. The molecule has 10 nitrogen and oxygen atoms in total. The maximum absolute atomic E-state index is 11.7. The number of carboxylic acids is 2. The largest absolute Gasteiger partial charge is 0.478 e. The summed E-state index contributed by atoms with van der Waals surface area (Å²) in [7, 11) is 0. The molecule has 2 aliphatic heterocycles. The molecule has 1 saturated heterocycles. The van der Waals surface area contributed by atoms with Crippen molar-refractivity contribution in [3.05, 3.63) is 16.0 Å². The lowest BCUT2D eigenvalue weighted by Gasteiger charge is -2.26. The molecule has 0 saturated carbocycles. The molecular weight excluding hydrogens is 388 g/mol. The zero-order valence-corrected chi connectivity index (χ0v) is 14.6. The fourth-order valence-electron chi connectivity index (χ4n) is 2.67. The Morgan fingerprint density at radius 2 is 2.00 bits per heavy atom. The second kappa shape index (κ2) is 7.05. The minimum absolute atomic E-state index is 0.00975. The van der Waals surface area contributed by atoms with Crippen LogP contribution in [0.5, 0.6) is 0 Å². The first-order valence-electron chi connectivity index (χ1n) is 7.28. The number of rotatable bonds is 4. The number of carbonyl (C=O) groups is 5. The van der Waals surface area contributed by atoms with Crippen molar-refractivity contribution in [2.24, 2.45) is 0 Å². The number of hydrogen-bond donors (Lipinski definition) is 3. The number of thiophene rings is 1. The quantitative estimate of drug-likeness (QED) is 0.617. The number of carboxylic acid groups (broad SMARTS) is 2. The van der Waals surface area contributed by atoms with Gasteiger partial charge in [0.15, 0.2) is 0 Å². The molecule has 0 aromatic carbocycles. The summed E-state index contributed by atoms with van der Waals surface area (Å²) in [6.07, 6.45) is -0.456. The Balaban J connectivity index is 1.83. The van der Waals surface area contributed by atoms with Gasteiger partial charge in [0, 0.05) is 11.3 Å². The average molecular weight is 400 g/mol. The zero-order chi connectivity index (χ0) is 19.0. The van der Waals surface area contributed by atoms with Gasteiger partial charge in [-0.3, -0.25) is 19.3 Å². The summed E-state index contributed by atoms with van der Waals surface area (Å²) in [5.74, 6) is -4.64. The third-order valence-electron chi connectivity index (χ3n) is 3.83. The Morgan fingerprint density at radius 3 is 2.58 bits per heavy atom. The molecule has 12 heteroatoms. The first kappa shape index (κ1) is 18.4. The molecule has 1 atom stereocenters. The number of amides is 3. The van der Waals surface area contributed by atoms with E-state index in [0.717, 1.165) is 28.0 Å². The monoisotopic (exact) mass is 400 g/mol. The Morgan fingerprint density at radius 1 is 1.27 bits per heavy atom. The van der Waals surface area contributed by atoms with Crippen LogP contribution in [0.1, 0.15) is 20.8 Å². The van der Waals surface area contributed by atoms with Crippen LogP contribution >= 0.6 is 23.1 Å².